The molecular formula is C15H11ClN4O. The van der Waals surface area contributed by atoms with E-state index in [1.54, 1.807) is 30.3 Å². The van der Waals surface area contributed by atoms with Gasteiger partial charge >= 0.3 is 0 Å². The molecule has 1 amide bonds. The number of para-hydroxylation sites is 1. The lowest BCUT2D eigenvalue weighted by Gasteiger charge is -2.04. The van der Waals surface area contributed by atoms with Crippen molar-refractivity contribution in [3.05, 3.63) is 59.1 Å². The number of carbonyl (C=O) groups excluding carboxylic acids is 1. The maximum atomic E-state index is 11.8. The third-order valence-electron chi connectivity index (χ3n) is 3.01. The Kier molecular flexibility index (Phi) is 3.41. The molecule has 3 rings (SSSR count). The Morgan fingerprint density at radius 1 is 1.14 bits per heavy atom. The van der Waals surface area contributed by atoms with Crippen LogP contribution in [-0.4, -0.2) is 20.9 Å². The first-order chi connectivity index (χ1) is 10.1. The van der Waals surface area contributed by atoms with Crippen LogP contribution in [0.15, 0.2) is 48.5 Å². The van der Waals surface area contributed by atoms with Gasteiger partial charge in [-0.3, -0.25) is 4.79 Å². The summed E-state index contributed by atoms with van der Waals surface area (Å²) < 4.78 is 1.44. The molecule has 1 aromatic heterocycles. The van der Waals surface area contributed by atoms with E-state index in [2.05, 4.69) is 10.3 Å². The maximum absolute atomic E-state index is 11.8. The number of aromatic nitrogens is 3. The highest BCUT2D eigenvalue weighted by Gasteiger charge is 2.13. The van der Waals surface area contributed by atoms with Crippen LogP contribution in [-0.2, 0) is 4.79 Å². The van der Waals surface area contributed by atoms with Gasteiger partial charge in [0.25, 0.3) is 5.91 Å². The first-order valence-electron chi connectivity index (χ1n) is 6.23. The molecule has 3 aromatic rings. The van der Waals surface area contributed by atoms with Crippen molar-refractivity contribution in [2.75, 3.05) is 0 Å². The number of benzene rings is 2. The van der Waals surface area contributed by atoms with Crippen LogP contribution < -0.4 is 5.73 Å². The Labute approximate surface area is 125 Å². The van der Waals surface area contributed by atoms with Gasteiger partial charge in [0.2, 0.25) is 0 Å². The van der Waals surface area contributed by atoms with Crippen molar-refractivity contribution < 1.29 is 4.79 Å². The number of rotatable bonds is 3. The van der Waals surface area contributed by atoms with Gasteiger partial charge in [-0.1, -0.05) is 41.1 Å². The van der Waals surface area contributed by atoms with E-state index in [-0.39, 0.29) is 5.70 Å². The van der Waals surface area contributed by atoms with Gasteiger partial charge in [0.05, 0.1) is 5.52 Å². The fourth-order valence-electron chi connectivity index (χ4n) is 2.00. The molecule has 0 fully saturated rings. The quantitative estimate of drug-likeness (QED) is 0.755. The predicted molar refractivity (Wildman–Crippen MR) is 82.3 cm³/mol. The Morgan fingerprint density at radius 3 is 2.57 bits per heavy atom. The van der Waals surface area contributed by atoms with Crippen LogP contribution >= 0.6 is 11.6 Å². The Hall–Kier alpha value is -2.66. The number of carbonyl (C=O) groups is 1. The lowest BCUT2D eigenvalue weighted by Crippen LogP contribution is -2.18. The Bertz CT molecular complexity index is 836. The minimum Gasteiger partial charge on any atom is -0.364 e. The van der Waals surface area contributed by atoms with Gasteiger partial charge in [-0.15, -0.1) is 5.10 Å². The number of nitrogens with zero attached hydrogens (tertiary/aromatic N) is 3. The van der Waals surface area contributed by atoms with Crippen LogP contribution in [0.25, 0.3) is 22.8 Å². The van der Waals surface area contributed by atoms with Gasteiger partial charge in [-0.05, 0) is 35.9 Å². The summed E-state index contributed by atoms with van der Waals surface area (Å²) in [6, 6.07) is 14.4. The van der Waals surface area contributed by atoms with Gasteiger partial charge in [0.15, 0.2) is 0 Å². The summed E-state index contributed by atoms with van der Waals surface area (Å²) in [6.45, 7) is 0. The van der Waals surface area contributed by atoms with Crippen molar-refractivity contribution in [1.29, 1.82) is 0 Å². The minimum absolute atomic E-state index is 0.242. The molecule has 104 valence electrons. The molecule has 2 aromatic carbocycles. The number of hydrogen-bond acceptors (Lipinski definition) is 3. The van der Waals surface area contributed by atoms with Crippen molar-refractivity contribution in [2.45, 2.75) is 0 Å². The zero-order chi connectivity index (χ0) is 14.8. The number of primary amides is 1. The summed E-state index contributed by atoms with van der Waals surface area (Å²) in [5, 5.41) is 8.65. The molecule has 0 bridgehead atoms. The van der Waals surface area contributed by atoms with Gasteiger partial charge in [0.1, 0.15) is 11.2 Å². The molecule has 1 heterocycles. The average molecular weight is 299 g/mol. The number of amides is 1. The molecule has 0 saturated heterocycles. The van der Waals surface area contributed by atoms with Crippen molar-refractivity contribution >= 4 is 40.3 Å². The Balaban J connectivity index is 2.14. The largest absolute Gasteiger partial charge is 0.364 e. The molecule has 0 unspecified atom stereocenters. The SMILES string of the molecule is NC(=O)/C(=C\c1ccc(Cl)cc1)n1nnc2ccccc21. The summed E-state index contributed by atoms with van der Waals surface area (Å²) in [4.78, 5) is 11.8. The molecule has 0 saturated carbocycles. The van der Waals surface area contributed by atoms with Crippen LogP contribution in [0, 0.1) is 0 Å². The maximum Gasteiger partial charge on any atom is 0.267 e. The van der Waals surface area contributed by atoms with Crippen molar-refractivity contribution in [3.63, 3.8) is 0 Å². The third-order valence-corrected chi connectivity index (χ3v) is 3.26. The Morgan fingerprint density at radius 2 is 1.86 bits per heavy atom. The fourth-order valence-corrected chi connectivity index (χ4v) is 2.13. The molecular weight excluding hydrogens is 288 g/mol. The lowest BCUT2D eigenvalue weighted by atomic mass is 10.2. The number of hydrogen-bond donors (Lipinski definition) is 1. The summed E-state index contributed by atoms with van der Waals surface area (Å²) >= 11 is 5.85. The molecule has 21 heavy (non-hydrogen) atoms. The summed E-state index contributed by atoms with van der Waals surface area (Å²) in [5.74, 6) is -0.583. The second-order valence-corrected chi connectivity index (χ2v) is 4.87. The normalized spacial score (nSPS) is 11.8. The van der Waals surface area contributed by atoms with E-state index in [1.165, 1.54) is 4.68 Å². The van der Waals surface area contributed by atoms with Gasteiger partial charge < -0.3 is 5.73 Å². The second-order valence-electron chi connectivity index (χ2n) is 4.44. The first-order valence-corrected chi connectivity index (χ1v) is 6.61. The number of fused-ring (bicyclic) bond motifs is 1. The second kappa shape index (κ2) is 5.38. The van der Waals surface area contributed by atoms with Gasteiger partial charge in [-0.2, -0.15) is 0 Å². The van der Waals surface area contributed by atoms with Crippen LogP contribution in [0.1, 0.15) is 5.56 Å². The number of halogens is 1. The zero-order valence-electron chi connectivity index (χ0n) is 10.9. The monoisotopic (exact) mass is 298 g/mol. The van der Waals surface area contributed by atoms with Crippen LogP contribution in [0.4, 0.5) is 0 Å². The van der Waals surface area contributed by atoms with Gasteiger partial charge in [-0.25, -0.2) is 4.68 Å². The van der Waals surface area contributed by atoms with Crippen LogP contribution in [0.5, 0.6) is 0 Å². The average Bonchev–Trinajstić information content (AvgIpc) is 2.90. The summed E-state index contributed by atoms with van der Waals surface area (Å²) in [6.07, 6.45) is 1.65. The molecule has 0 atom stereocenters. The van der Waals surface area contributed by atoms with E-state index in [1.807, 2.05) is 24.3 Å². The van der Waals surface area contributed by atoms with Crippen molar-refractivity contribution in [1.82, 2.24) is 15.0 Å². The highest BCUT2D eigenvalue weighted by Crippen LogP contribution is 2.18. The van der Waals surface area contributed by atoms with E-state index >= 15 is 0 Å². The molecule has 0 radical (unpaired) electrons. The lowest BCUT2D eigenvalue weighted by molar-refractivity contribution is -0.113. The van der Waals surface area contributed by atoms with Crippen LogP contribution in [0.3, 0.4) is 0 Å². The van der Waals surface area contributed by atoms with E-state index in [4.69, 9.17) is 17.3 Å². The van der Waals surface area contributed by atoms with E-state index in [0.29, 0.717) is 10.5 Å². The minimum atomic E-state index is -0.583. The van der Waals surface area contributed by atoms with Gasteiger partial charge in [0, 0.05) is 5.02 Å². The molecule has 5 nitrogen and oxygen atoms in total. The molecule has 0 aliphatic rings. The summed E-state index contributed by atoms with van der Waals surface area (Å²) in [5.41, 5.74) is 7.93. The molecule has 0 aliphatic carbocycles. The molecule has 2 N–H and O–H groups in total. The molecule has 0 spiro atoms. The van der Waals surface area contributed by atoms with E-state index in [0.717, 1.165) is 11.1 Å². The fraction of sp³-hybridized carbons (Fsp3) is 0. The topological polar surface area (TPSA) is 73.8 Å². The highest BCUT2D eigenvalue weighted by atomic mass is 35.5. The van der Waals surface area contributed by atoms with Crippen molar-refractivity contribution in [2.24, 2.45) is 5.73 Å². The first kappa shape index (κ1) is 13.3. The third kappa shape index (κ3) is 2.64. The molecule has 6 heteroatoms. The van der Waals surface area contributed by atoms with E-state index in [9.17, 15) is 4.79 Å². The summed E-state index contributed by atoms with van der Waals surface area (Å²) in [7, 11) is 0. The predicted octanol–water partition coefficient (Wildman–Crippen LogP) is 2.57. The smallest absolute Gasteiger partial charge is 0.267 e. The van der Waals surface area contributed by atoms with Crippen molar-refractivity contribution in [3.8, 4) is 0 Å². The number of nitrogens with two attached hydrogens (primary N) is 1. The highest BCUT2D eigenvalue weighted by molar-refractivity contribution is 6.30. The zero-order valence-corrected chi connectivity index (χ0v) is 11.7. The standard InChI is InChI=1S/C15H11ClN4O/c16-11-7-5-10(6-8-11)9-14(15(17)21)20-13-4-2-1-3-12(13)18-19-20/h1-9H,(H2,17,21)/b14-9+. The van der Waals surface area contributed by atoms with E-state index < -0.39 is 5.91 Å². The molecule has 0 aliphatic heterocycles. The van der Waals surface area contributed by atoms with Crippen LogP contribution in [0.2, 0.25) is 5.02 Å².